The third-order valence-corrected chi connectivity index (χ3v) is 8.54. The molecule has 3 rings (SSSR count). The molecule has 0 unspecified atom stereocenters. The maximum absolute atomic E-state index is 14.1. The minimum atomic E-state index is -4.19. The van der Waals surface area contributed by atoms with Gasteiger partial charge in [-0.1, -0.05) is 61.0 Å². The van der Waals surface area contributed by atoms with Crippen LogP contribution in [0.4, 0.5) is 5.69 Å². The molecule has 0 saturated carbocycles. The van der Waals surface area contributed by atoms with Crippen molar-refractivity contribution in [1.82, 2.24) is 10.2 Å². The van der Waals surface area contributed by atoms with Gasteiger partial charge < -0.3 is 15.0 Å². The van der Waals surface area contributed by atoms with Gasteiger partial charge in [0.25, 0.3) is 10.0 Å². The Hall–Kier alpha value is -3.56. The Balaban J connectivity index is 2.10. The number of rotatable bonds is 12. The Morgan fingerprint density at radius 2 is 1.65 bits per heavy atom. The third-order valence-electron chi connectivity index (χ3n) is 6.45. The molecule has 40 heavy (non-hydrogen) atoms. The molecule has 0 saturated heterocycles. The molecule has 0 bridgehead atoms. The zero-order valence-corrected chi connectivity index (χ0v) is 25.0. The minimum absolute atomic E-state index is 0.0183. The van der Waals surface area contributed by atoms with Crippen molar-refractivity contribution in [2.45, 2.75) is 57.6 Å². The Morgan fingerprint density at radius 3 is 2.23 bits per heavy atom. The SMILES string of the molecule is CC[C@H](C(=O)NC(C)C)N(Cc1ccccc1C)C(=O)CN(c1ccc(OC)c(Cl)c1)S(=O)(=O)c1ccccc1. The number of methoxy groups -OCH3 is 1. The predicted octanol–water partition coefficient (Wildman–Crippen LogP) is 5.18. The van der Waals surface area contributed by atoms with E-state index >= 15 is 0 Å². The topological polar surface area (TPSA) is 96.0 Å². The standard InChI is InChI=1S/C30H36ClN3O5S/c1-6-27(30(36)32-21(2)3)33(19-23-13-11-10-12-22(23)4)29(35)20-34(24-16-17-28(39-5)26(31)18-24)40(37,38)25-14-8-7-9-15-25/h7-18,21,27H,6,19-20H2,1-5H3,(H,32,36)/t27-/m1/s1. The van der Waals surface area contributed by atoms with Gasteiger partial charge in [-0.2, -0.15) is 0 Å². The van der Waals surface area contributed by atoms with Crippen molar-refractivity contribution in [1.29, 1.82) is 0 Å². The first-order valence-corrected chi connectivity index (χ1v) is 14.9. The summed E-state index contributed by atoms with van der Waals surface area (Å²) in [5, 5.41) is 3.09. The summed E-state index contributed by atoms with van der Waals surface area (Å²) in [5.74, 6) is -0.462. The average molecular weight is 586 g/mol. The number of carbonyl (C=O) groups excluding carboxylic acids is 2. The smallest absolute Gasteiger partial charge is 0.264 e. The second-order valence-electron chi connectivity index (χ2n) is 9.68. The molecule has 0 aromatic heterocycles. The average Bonchev–Trinajstić information content (AvgIpc) is 2.92. The van der Waals surface area contributed by atoms with E-state index in [0.717, 1.165) is 15.4 Å². The molecule has 0 spiro atoms. The maximum Gasteiger partial charge on any atom is 0.264 e. The summed E-state index contributed by atoms with van der Waals surface area (Å²) < 4.78 is 34.0. The molecule has 0 fully saturated rings. The number of hydrogen-bond acceptors (Lipinski definition) is 5. The second-order valence-corrected chi connectivity index (χ2v) is 11.9. The lowest BCUT2D eigenvalue weighted by atomic mass is 10.1. The quantitative estimate of drug-likeness (QED) is 0.316. The van der Waals surface area contributed by atoms with E-state index < -0.39 is 28.5 Å². The molecule has 10 heteroatoms. The van der Waals surface area contributed by atoms with Crippen LogP contribution in [0, 0.1) is 6.92 Å². The summed E-state index contributed by atoms with van der Waals surface area (Å²) in [5.41, 5.74) is 2.00. The second kappa shape index (κ2) is 13.7. The number of benzene rings is 3. The first kappa shape index (κ1) is 31.0. The molecular weight excluding hydrogens is 550 g/mol. The van der Waals surface area contributed by atoms with Gasteiger partial charge in [0.15, 0.2) is 0 Å². The summed E-state index contributed by atoms with van der Waals surface area (Å²) >= 11 is 6.36. The molecular formula is C30H36ClN3O5S. The molecule has 8 nitrogen and oxygen atoms in total. The Kier molecular flexibility index (Phi) is 10.6. The molecule has 3 aromatic carbocycles. The number of ether oxygens (including phenoxy) is 1. The number of nitrogens with one attached hydrogen (secondary N) is 1. The van der Waals surface area contributed by atoms with E-state index in [2.05, 4.69) is 5.32 Å². The molecule has 0 radical (unpaired) electrons. The highest BCUT2D eigenvalue weighted by Crippen LogP contribution is 2.32. The molecule has 214 valence electrons. The van der Waals surface area contributed by atoms with E-state index in [9.17, 15) is 18.0 Å². The summed E-state index contributed by atoms with van der Waals surface area (Å²) in [6.45, 7) is 7.04. The summed E-state index contributed by atoms with van der Waals surface area (Å²) in [6, 6.07) is 19.0. The first-order valence-electron chi connectivity index (χ1n) is 13.0. The van der Waals surface area contributed by atoms with Crippen molar-refractivity contribution >= 4 is 39.1 Å². The monoisotopic (exact) mass is 585 g/mol. The van der Waals surface area contributed by atoms with Gasteiger partial charge in [-0.25, -0.2) is 8.42 Å². The number of carbonyl (C=O) groups is 2. The maximum atomic E-state index is 14.1. The molecule has 1 atom stereocenters. The van der Waals surface area contributed by atoms with Crippen LogP contribution < -0.4 is 14.4 Å². The largest absolute Gasteiger partial charge is 0.495 e. The Morgan fingerprint density at radius 1 is 1.00 bits per heavy atom. The fourth-order valence-corrected chi connectivity index (χ4v) is 6.01. The van der Waals surface area contributed by atoms with Gasteiger partial charge in [0.2, 0.25) is 11.8 Å². The van der Waals surface area contributed by atoms with Gasteiger partial charge in [0.05, 0.1) is 22.7 Å². The van der Waals surface area contributed by atoms with Crippen molar-refractivity contribution in [2.75, 3.05) is 18.0 Å². The molecule has 0 aliphatic heterocycles. The summed E-state index contributed by atoms with van der Waals surface area (Å²) in [6.07, 6.45) is 0.343. The van der Waals surface area contributed by atoms with Crippen molar-refractivity contribution in [2.24, 2.45) is 0 Å². The number of sulfonamides is 1. The van der Waals surface area contributed by atoms with Crippen molar-refractivity contribution in [3.05, 3.63) is 88.9 Å². The molecule has 3 aromatic rings. The van der Waals surface area contributed by atoms with Crippen LogP contribution in [0.2, 0.25) is 5.02 Å². The number of hydrogen-bond donors (Lipinski definition) is 1. The molecule has 0 aliphatic rings. The summed E-state index contributed by atoms with van der Waals surface area (Å²) in [7, 11) is -2.73. The van der Waals surface area contributed by atoms with E-state index in [0.29, 0.717) is 12.2 Å². The van der Waals surface area contributed by atoms with E-state index in [1.54, 1.807) is 24.3 Å². The summed E-state index contributed by atoms with van der Waals surface area (Å²) in [4.78, 5) is 28.8. The van der Waals surface area contributed by atoms with Crippen LogP contribution in [0.1, 0.15) is 38.3 Å². The van der Waals surface area contributed by atoms with Crippen molar-refractivity contribution in [3.63, 3.8) is 0 Å². The number of nitrogens with zero attached hydrogens (tertiary/aromatic N) is 2. The zero-order chi connectivity index (χ0) is 29.4. The lowest BCUT2D eigenvalue weighted by molar-refractivity contribution is -0.140. The Labute approximate surface area is 241 Å². The van der Waals surface area contributed by atoms with Gasteiger partial charge in [0.1, 0.15) is 18.3 Å². The lowest BCUT2D eigenvalue weighted by Crippen LogP contribution is -2.53. The number of amides is 2. The Bertz CT molecular complexity index is 1430. The van der Waals surface area contributed by atoms with Gasteiger partial charge in [-0.15, -0.1) is 0 Å². The highest BCUT2D eigenvalue weighted by atomic mass is 35.5. The van der Waals surface area contributed by atoms with Crippen LogP contribution in [-0.2, 0) is 26.2 Å². The van der Waals surface area contributed by atoms with Crippen molar-refractivity contribution < 1.29 is 22.7 Å². The number of anilines is 1. The molecule has 2 amide bonds. The zero-order valence-electron chi connectivity index (χ0n) is 23.4. The van der Waals surface area contributed by atoms with E-state index in [-0.39, 0.29) is 34.1 Å². The van der Waals surface area contributed by atoms with Crippen LogP contribution in [0.5, 0.6) is 5.75 Å². The van der Waals surface area contributed by atoms with Gasteiger partial charge in [-0.3, -0.25) is 13.9 Å². The first-order chi connectivity index (χ1) is 19.0. The predicted molar refractivity (Wildman–Crippen MR) is 158 cm³/mol. The van der Waals surface area contributed by atoms with Crippen LogP contribution >= 0.6 is 11.6 Å². The molecule has 0 heterocycles. The van der Waals surface area contributed by atoms with E-state index in [4.69, 9.17) is 16.3 Å². The van der Waals surface area contributed by atoms with Crippen LogP contribution in [0.25, 0.3) is 0 Å². The van der Waals surface area contributed by atoms with Crippen LogP contribution in [0.3, 0.4) is 0 Å². The fraction of sp³-hybridized carbons (Fsp3) is 0.333. The lowest BCUT2D eigenvalue weighted by Gasteiger charge is -2.34. The highest BCUT2D eigenvalue weighted by molar-refractivity contribution is 7.92. The minimum Gasteiger partial charge on any atom is -0.495 e. The highest BCUT2D eigenvalue weighted by Gasteiger charge is 2.34. The normalized spacial score (nSPS) is 12.1. The van der Waals surface area contributed by atoms with Gasteiger partial charge in [0, 0.05) is 12.6 Å². The van der Waals surface area contributed by atoms with Gasteiger partial charge >= 0.3 is 0 Å². The fourth-order valence-electron chi connectivity index (χ4n) is 4.33. The van der Waals surface area contributed by atoms with Crippen LogP contribution in [0.15, 0.2) is 77.7 Å². The molecule has 1 N–H and O–H groups in total. The van der Waals surface area contributed by atoms with Crippen LogP contribution in [-0.4, -0.2) is 50.9 Å². The molecule has 0 aliphatic carbocycles. The van der Waals surface area contributed by atoms with Gasteiger partial charge in [-0.05, 0) is 68.7 Å². The van der Waals surface area contributed by atoms with E-state index in [1.807, 2.05) is 52.0 Å². The van der Waals surface area contributed by atoms with E-state index in [1.165, 1.54) is 36.3 Å². The number of aryl methyl sites for hydroxylation is 1. The number of halogens is 1. The third kappa shape index (κ3) is 7.34. The van der Waals surface area contributed by atoms with Crippen molar-refractivity contribution in [3.8, 4) is 5.75 Å².